The molecule has 0 aliphatic heterocycles. The van der Waals surface area contributed by atoms with Gasteiger partial charge in [-0.1, -0.05) is 37.3 Å². The summed E-state index contributed by atoms with van der Waals surface area (Å²) in [6, 6.07) is 10.0. The Morgan fingerprint density at radius 2 is 2.05 bits per heavy atom. The second-order valence-corrected chi connectivity index (χ2v) is 4.69. The second kappa shape index (κ2) is 4.77. The highest BCUT2D eigenvalue weighted by Crippen LogP contribution is 2.23. The van der Waals surface area contributed by atoms with E-state index in [1.54, 1.807) is 12.4 Å². The van der Waals surface area contributed by atoms with Gasteiger partial charge in [0.2, 0.25) is 0 Å². The molecule has 20 heavy (non-hydrogen) atoms. The topological polar surface area (TPSA) is 84.7 Å². The van der Waals surface area contributed by atoms with E-state index in [2.05, 4.69) is 21.9 Å². The molecule has 0 saturated carbocycles. The summed E-state index contributed by atoms with van der Waals surface area (Å²) in [5.41, 5.74) is 7.49. The van der Waals surface area contributed by atoms with Crippen molar-refractivity contribution in [2.24, 2.45) is 5.73 Å². The van der Waals surface area contributed by atoms with E-state index in [4.69, 9.17) is 5.73 Å². The Morgan fingerprint density at radius 1 is 1.30 bits per heavy atom. The highest BCUT2D eigenvalue weighted by atomic mass is 16.1. The van der Waals surface area contributed by atoms with Crippen LogP contribution >= 0.6 is 0 Å². The van der Waals surface area contributed by atoms with E-state index in [0.29, 0.717) is 22.4 Å². The molecule has 0 bridgehead atoms. The van der Waals surface area contributed by atoms with Gasteiger partial charge < -0.3 is 10.7 Å². The molecule has 2 heterocycles. The number of hydrogen-bond acceptors (Lipinski definition) is 3. The molecule has 5 heteroatoms. The van der Waals surface area contributed by atoms with Crippen LogP contribution in [0.1, 0.15) is 34.6 Å². The van der Waals surface area contributed by atoms with Crippen LogP contribution in [-0.2, 0) is 0 Å². The average Bonchev–Trinajstić information content (AvgIpc) is 2.90. The number of nitrogens with two attached hydrogens (primary N) is 1. The standard InChI is InChI=1S/C15H14N4O/c1-9(10-5-3-2-4-6-10)14-17-8-12-11(13(16)20)7-18-15(12)19-14/h2-9H,1H3,(H2,16,20)(H,17,18,19)/t9-/m1/s1. The maximum atomic E-state index is 11.3. The van der Waals surface area contributed by atoms with Crippen molar-refractivity contribution < 1.29 is 4.79 Å². The van der Waals surface area contributed by atoms with Crippen LogP contribution < -0.4 is 5.73 Å². The molecule has 5 nitrogen and oxygen atoms in total. The van der Waals surface area contributed by atoms with Gasteiger partial charge in [-0.15, -0.1) is 0 Å². The lowest BCUT2D eigenvalue weighted by Crippen LogP contribution is -2.10. The third-order valence-electron chi connectivity index (χ3n) is 3.40. The number of benzene rings is 1. The Balaban J connectivity index is 2.04. The lowest BCUT2D eigenvalue weighted by molar-refractivity contribution is 0.100. The number of carbonyl (C=O) groups excluding carboxylic acids is 1. The largest absolute Gasteiger partial charge is 0.366 e. The molecular formula is C15H14N4O. The summed E-state index contributed by atoms with van der Waals surface area (Å²) >= 11 is 0. The van der Waals surface area contributed by atoms with Gasteiger partial charge in [-0.2, -0.15) is 0 Å². The van der Waals surface area contributed by atoms with E-state index < -0.39 is 5.91 Å². The summed E-state index contributed by atoms with van der Waals surface area (Å²) in [7, 11) is 0. The van der Waals surface area contributed by atoms with Crippen LogP contribution in [0.5, 0.6) is 0 Å². The van der Waals surface area contributed by atoms with E-state index in [1.807, 2.05) is 30.3 Å². The Kier molecular flexibility index (Phi) is 2.95. The fourth-order valence-electron chi connectivity index (χ4n) is 2.22. The number of nitrogens with zero attached hydrogens (tertiary/aromatic N) is 2. The molecule has 0 radical (unpaired) electrons. The third-order valence-corrected chi connectivity index (χ3v) is 3.40. The molecule has 0 fully saturated rings. The summed E-state index contributed by atoms with van der Waals surface area (Å²) in [4.78, 5) is 23.1. The van der Waals surface area contributed by atoms with E-state index in [-0.39, 0.29) is 5.92 Å². The summed E-state index contributed by atoms with van der Waals surface area (Å²) in [5.74, 6) is 0.311. The Bertz CT molecular complexity index is 764. The maximum Gasteiger partial charge on any atom is 0.250 e. The number of rotatable bonds is 3. The van der Waals surface area contributed by atoms with Crippen LogP contribution in [-0.4, -0.2) is 20.9 Å². The number of aromatic amines is 1. The quantitative estimate of drug-likeness (QED) is 0.762. The van der Waals surface area contributed by atoms with Crippen molar-refractivity contribution in [2.75, 3.05) is 0 Å². The number of amides is 1. The maximum absolute atomic E-state index is 11.3. The first kappa shape index (κ1) is 12.3. The van der Waals surface area contributed by atoms with Crippen molar-refractivity contribution in [3.05, 3.63) is 59.7 Å². The normalized spacial score (nSPS) is 12.4. The van der Waals surface area contributed by atoms with Gasteiger partial charge >= 0.3 is 0 Å². The van der Waals surface area contributed by atoms with Crippen molar-refractivity contribution in [1.82, 2.24) is 15.0 Å². The van der Waals surface area contributed by atoms with Crippen molar-refractivity contribution >= 4 is 16.9 Å². The van der Waals surface area contributed by atoms with Crippen LogP contribution in [0.2, 0.25) is 0 Å². The van der Waals surface area contributed by atoms with Crippen molar-refractivity contribution in [3.8, 4) is 0 Å². The Labute approximate surface area is 115 Å². The molecule has 0 unspecified atom stereocenters. The van der Waals surface area contributed by atoms with E-state index in [0.717, 1.165) is 5.56 Å². The minimum absolute atomic E-state index is 0.0842. The fourth-order valence-corrected chi connectivity index (χ4v) is 2.22. The first-order chi connectivity index (χ1) is 9.66. The molecule has 0 aliphatic rings. The highest BCUT2D eigenvalue weighted by Gasteiger charge is 2.15. The van der Waals surface area contributed by atoms with Gasteiger partial charge in [-0.25, -0.2) is 9.97 Å². The van der Waals surface area contributed by atoms with Crippen molar-refractivity contribution in [1.29, 1.82) is 0 Å². The summed E-state index contributed by atoms with van der Waals surface area (Å²) < 4.78 is 0. The number of aromatic nitrogens is 3. The monoisotopic (exact) mass is 266 g/mol. The zero-order valence-corrected chi connectivity index (χ0v) is 11.0. The van der Waals surface area contributed by atoms with Crippen LogP contribution in [0.3, 0.4) is 0 Å². The smallest absolute Gasteiger partial charge is 0.250 e. The summed E-state index contributed by atoms with van der Waals surface area (Å²) in [6.07, 6.45) is 3.21. The molecule has 1 aromatic carbocycles. The molecule has 3 aromatic rings. The van der Waals surface area contributed by atoms with Crippen LogP contribution in [0.4, 0.5) is 0 Å². The van der Waals surface area contributed by atoms with Crippen molar-refractivity contribution in [3.63, 3.8) is 0 Å². The number of hydrogen-bond donors (Lipinski definition) is 2. The molecule has 0 saturated heterocycles. The summed E-state index contributed by atoms with van der Waals surface area (Å²) in [5, 5.41) is 0.654. The van der Waals surface area contributed by atoms with Crippen LogP contribution in [0, 0.1) is 0 Å². The first-order valence-electron chi connectivity index (χ1n) is 6.35. The van der Waals surface area contributed by atoms with Crippen LogP contribution in [0.25, 0.3) is 11.0 Å². The molecular weight excluding hydrogens is 252 g/mol. The lowest BCUT2D eigenvalue weighted by atomic mass is 10.0. The molecule has 3 N–H and O–H groups in total. The molecule has 2 aromatic heterocycles. The van der Waals surface area contributed by atoms with Gasteiger partial charge in [-0.05, 0) is 5.56 Å². The van der Waals surface area contributed by atoms with Crippen molar-refractivity contribution in [2.45, 2.75) is 12.8 Å². The minimum Gasteiger partial charge on any atom is -0.366 e. The van der Waals surface area contributed by atoms with E-state index >= 15 is 0 Å². The number of H-pyrrole nitrogens is 1. The molecule has 1 atom stereocenters. The Morgan fingerprint density at radius 3 is 2.75 bits per heavy atom. The zero-order valence-electron chi connectivity index (χ0n) is 11.0. The number of primary amides is 1. The molecule has 0 aliphatic carbocycles. The lowest BCUT2D eigenvalue weighted by Gasteiger charge is -2.10. The van der Waals surface area contributed by atoms with Gasteiger partial charge in [0.25, 0.3) is 5.91 Å². The zero-order chi connectivity index (χ0) is 14.1. The minimum atomic E-state index is -0.483. The highest BCUT2D eigenvalue weighted by molar-refractivity contribution is 6.04. The van der Waals surface area contributed by atoms with E-state index in [1.165, 1.54) is 0 Å². The number of nitrogens with one attached hydrogen (secondary N) is 1. The van der Waals surface area contributed by atoms with Gasteiger partial charge in [0.05, 0.1) is 5.56 Å². The third kappa shape index (κ3) is 2.03. The number of fused-ring (bicyclic) bond motifs is 1. The van der Waals surface area contributed by atoms with E-state index in [9.17, 15) is 4.79 Å². The SMILES string of the molecule is C[C@H](c1ccccc1)c1ncc2c(C(N)=O)c[nH]c2n1. The molecule has 0 spiro atoms. The first-order valence-corrected chi connectivity index (χ1v) is 6.35. The van der Waals surface area contributed by atoms with Gasteiger partial charge in [-0.3, -0.25) is 4.79 Å². The molecule has 1 amide bonds. The average molecular weight is 266 g/mol. The van der Waals surface area contributed by atoms with Gasteiger partial charge in [0.15, 0.2) is 0 Å². The number of carbonyl (C=O) groups is 1. The second-order valence-electron chi connectivity index (χ2n) is 4.69. The Hall–Kier alpha value is -2.69. The fraction of sp³-hybridized carbons (Fsp3) is 0.133. The summed E-state index contributed by atoms with van der Waals surface area (Å²) in [6.45, 7) is 2.05. The van der Waals surface area contributed by atoms with Crippen LogP contribution in [0.15, 0.2) is 42.7 Å². The predicted octanol–water partition coefficient (Wildman–Crippen LogP) is 2.21. The molecule has 100 valence electrons. The molecule has 3 rings (SSSR count). The van der Waals surface area contributed by atoms with Gasteiger partial charge in [0, 0.05) is 23.7 Å². The van der Waals surface area contributed by atoms with Gasteiger partial charge in [0.1, 0.15) is 11.5 Å². The predicted molar refractivity (Wildman–Crippen MR) is 76.4 cm³/mol.